The first-order valence-corrected chi connectivity index (χ1v) is 23.0. The van der Waals surface area contributed by atoms with E-state index >= 15 is 0 Å². The summed E-state index contributed by atoms with van der Waals surface area (Å²) in [5, 5.41) is 0. The van der Waals surface area contributed by atoms with Gasteiger partial charge >= 0.3 is 0 Å². The molecule has 320 valence electrons. The third-order valence-corrected chi connectivity index (χ3v) is 12.2. The van der Waals surface area contributed by atoms with Gasteiger partial charge in [-0.15, -0.1) is 70.8 Å². The summed E-state index contributed by atoms with van der Waals surface area (Å²) in [6.45, 7) is 36.6. The van der Waals surface area contributed by atoms with Crippen molar-refractivity contribution in [3.63, 3.8) is 0 Å². The quantitative estimate of drug-likeness (QED) is 0.0847. The van der Waals surface area contributed by atoms with Gasteiger partial charge < -0.3 is 0 Å². The molecule has 0 N–H and O–H groups in total. The Kier molecular flexibility index (Phi) is 20.0. The van der Waals surface area contributed by atoms with Gasteiger partial charge in [0.15, 0.2) is 0 Å². The van der Waals surface area contributed by atoms with E-state index in [1.807, 2.05) is 0 Å². The summed E-state index contributed by atoms with van der Waals surface area (Å²) in [7, 11) is 0. The maximum atomic E-state index is 3.86. The maximum absolute atomic E-state index is 3.86. The van der Waals surface area contributed by atoms with Crippen LogP contribution in [-0.2, 0) is 39.0 Å². The zero-order valence-electron chi connectivity index (χ0n) is 41.4. The zero-order valence-corrected chi connectivity index (χ0v) is 47.4. The van der Waals surface area contributed by atoms with E-state index in [0.717, 1.165) is 0 Å². The molecular formula is C60H74Zn2-2. The molecule has 0 aliphatic heterocycles. The number of hydrogen-bond acceptors (Lipinski definition) is 0. The molecule has 0 heterocycles. The van der Waals surface area contributed by atoms with Gasteiger partial charge in [0, 0.05) is 39.0 Å². The Balaban J connectivity index is 0.000000320. The smallest absolute Gasteiger partial charge is 0 e. The van der Waals surface area contributed by atoms with Crippen molar-refractivity contribution in [3.05, 3.63) is 166 Å². The van der Waals surface area contributed by atoms with Crippen LogP contribution in [0.5, 0.6) is 0 Å². The fraction of sp³-hybridized carbons (Fsp3) is 0.400. The Hall–Kier alpha value is -3.43. The molecule has 0 unspecified atom stereocenters. The second-order valence-corrected chi connectivity index (χ2v) is 19.4. The van der Waals surface area contributed by atoms with E-state index in [1.165, 1.54) is 89.0 Å². The molecule has 0 atom stereocenters. The van der Waals surface area contributed by atoms with Gasteiger partial charge in [-0.3, -0.25) is 0 Å². The average molecular weight is 926 g/mol. The van der Waals surface area contributed by atoms with Gasteiger partial charge in [-0.1, -0.05) is 250 Å². The van der Waals surface area contributed by atoms with Crippen LogP contribution < -0.4 is 0 Å². The van der Waals surface area contributed by atoms with Crippen molar-refractivity contribution < 1.29 is 39.0 Å². The predicted octanol–water partition coefficient (Wildman–Crippen LogP) is 18.6. The van der Waals surface area contributed by atoms with Crippen LogP contribution >= 0.6 is 0 Å². The molecular weight excluding hydrogens is 851 g/mol. The standard InChI is InChI=1S/2C30H37.2Zn/c2*1-19(2)25-14-10-15-26(20(3)4)29(25)23-12-9-13-24(18-23)30-27(21(5)6)16-11-17-28(30)22(7)8;;/h2*9-17,19-22H,1-8H3;;/q2*-1;;. The van der Waals surface area contributed by atoms with Gasteiger partial charge in [0.25, 0.3) is 0 Å². The molecule has 0 aliphatic carbocycles. The van der Waals surface area contributed by atoms with Crippen LogP contribution in [0.2, 0.25) is 0 Å². The molecule has 0 saturated carbocycles. The van der Waals surface area contributed by atoms with Crippen LogP contribution in [0, 0.1) is 12.1 Å². The van der Waals surface area contributed by atoms with Gasteiger partial charge in [-0.05, 0) is 47.3 Å². The van der Waals surface area contributed by atoms with E-state index in [1.54, 1.807) is 0 Å². The van der Waals surface area contributed by atoms with Gasteiger partial charge in [0.2, 0.25) is 0 Å². The van der Waals surface area contributed by atoms with Crippen LogP contribution in [0.25, 0.3) is 44.5 Å². The van der Waals surface area contributed by atoms with Crippen molar-refractivity contribution in [1.29, 1.82) is 0 Å². The Labute approximate surface area is 404 Å². The molecule has 0 bridgehead atoms. The van der Waals surface area contributed by atoms with Crippen molar-refractivity contribution >= 4 is 0 Å². The molecule has 0 radical (unpaired) electrons. The molecule has 0 spiro atoms. The molecule has 2 heteroatoms. The van der Waals surface area contributed by atoms with Crippen molar-refractivity contribution in [2.45, 2.75) is 158 Å². The van der Waals surface area contributed by atoms with Gasteiger partial charge in [-0.2, -0.15) is 0 Å². The molecule has 0 saturated heterocycles. The summed E-state index contributed by atoms with van der Waals surface area (Å²) in [6.07, 6.45) is 0. The Morgan fingerprint density at radius 2 is 0.355 bits per heavy atom. The number of hydrogen-bond donors (Lipinski definition) is 0. The van der Waals surface area contributed by atoms with Crippen LogP contribution in [0.15, 0.2) is 109 Å². The van der Waals surface area contributed by atoms with Crippen molar-refractivity contribution in [1.82, 2.24) is 0 Å². The van der Waals surface area contributed by atoms with Crippen LogP contribution in [-0.4, -0.2) is 0 Å². The summed E-state index contributed by atoms with van der Waals surface area (Å²) in [5.74, 6) is 3.81. The summed E-state index contributed by atoms with van der Waals surface area (Å²) in [5.41, 5.74) is 21.7. The monoisotopic (exact) mass is 922 g/mol. The minimum atomic E-state index is 0. The molecule has 6 rings (SSSR count). The third kappa shape index (κ3) is 12.0. The van der Waals surface area contributed by atoms with E-state index in [4.69, 9.17) is 0 Å². The molecule has 62 heavy (non-hydrogen) atoms. The van der Waals surface area contributed by atoms with Crippen LogP contribution in [0.3, 0.4) is 0 Å². The average Bonchev–Trinajstić information content (AvgIpc) is 3.22. The van der Waals surface area contributed by atoms with Crippen LogP contribution in [0.4, 0.5) is 0 Å². The molecule has 6 aromatic rings. The van der Waals surface area contributed by atoms with E-state index in [9.17, 15) is 0 Å². The van der Waals surface area contributed by atoms with Crippen molar-refractivity contribution in [2.24, 2.45) is 0 Å². The van der Waals surface area contributed by atoms with Gasteiger partial charge in [0.1, 0.15) is 0 Å². The van der Waals surface area contributed by atoms with Gasteiger partial charge in [0.05, 0.1) is 0 Å². The van der Waals surface area contributed by atoms with E-state index in [2.05, 4.69) is 232 Å². The number of rotatable bonds is 12. The SMILES string of the molecule is CC(C)c1cccc(C(C)C)c1-c1[c-]c(-c2c(C(C)C)cccc2C(C)C)ccc1.CC(C)c1cccc(C(C)C)c1-c1[c-]c(-c2c(C(C)C)cccc2C(C)C)ccc1.[Zn].[Zn]. The molecule has 0 nitrogen and oxygen atoms in total. The fourth-order valence-corrected chi connectivity index (χ4v) is 8.97. The maximum Gasteiger partial charge on any atom is 0 e. The molecule has 6 aromatic carbocycles. The largest absolute Gasteiger partial charge is 0.129 e. The Morgan fingerprint density at radius 1 is 0.226 bits per heavy atom. The predicted molar refractivity (Wildman–Crippen MR) is 265 cm³/mol. The summed E-state index contributed by atoms with van der Waals surface area (Å²) < 4.78 is 0. The molecule has 0 aliphatic rings. The van der Waals surface area contributed by atoms with Gasteiger partial charge in [-0.25, -0.2) is 0 Å². The molecule has 0 amide bonds. The second-order valence-electron chi connectivity index (χ2n) is 19.4. The third-order valence-electron chi connectivity index (χ3n) is 12.2. The summed E-state index contributed by atoms with van der Waals surface area (Å²) >= 11 is 0. The molecule has 0 fully saturated rings. The minimum Gasteiger partial charge on any atom is -0.129 e. The van der Waals surface area contributed by atoms with Crippen LogP contribution in [0.1, 0.15) is 203 Å². The summed E-state index contributed by atoms with van der Waals surface area (Å²) in [6, 6.07) is 48.2. The number of benzene rings is 6. The Morgan fingerprint density at radius 3 is 0.484 bits per heavy atom. The normalized spacial score (nSPS) is 11.5. The minimum absolute atomic E-state index is 0. The first kappa shape index (κ1) is 52.9. The second kappa shape index (κ2) is 23.5. The first-order chi connectivity index (χ1) is 28.4. The van der Waals surface area contributed by atoms with E-state index in [0.29, 0.717) is 47.3 Å². The van der Waals surface area contributed by atoms with E-state index in [-0.39, 0.29) is 39.0 Å². The summed E-state index contributed by atoms with van der Waals surface area (Å²) in [4.78, 5) is 0. The van der Waals surface area contributed by atoms with Crippen molar-refractivity contribution in [2.75, 3.05) is 0 Å². The fourth-order valence-electron chi connectivity index (χ4n) is 8.97. The topological polar surface area (TPSA) is 0 Å². The molecule has 0 aromatic heterocycles. The Bertz CT molecular complexity index is 1920. The van der Waals surface area contributed by atoms with E-state index < -0.39 is 0 Å². The van der Waals surface area contributed by atoms with Crippen molar-refractivity contribution in [3.8, 4) is 44.5 Å². The first-order valence-electron chi connectivity index (χ1n) is 23.0. The zero-order chi connectivity index (χ0) is 44.0.